The largest absolute Gasteiger partial charge is 0.383 e. The van der Waals surface area contributed by atoms with Gasteiger partial charge in [0.05, 0.1) is 6.61 Å². The van der Waals surface area contributed by atoms with Crippen LogP contribution < -0.4 is 5.32 Å². The van der Waals surface area contributed by atoms with Gasteiger partial charge in [0.1, 0.15) is 0 Å². The van der Waals surface area contributed by atoms with Crippen molar-refractivity contribution < 1.29 is 4.74 Å². The van der Waals surface area contributed by atoms with Crippen LogP contribution in [0.15, 0.2) is 23.1 Å². The first-order valence-electron chi connectivity index (χ1n) is 6.94. The lowest BCUT2D eigenvalue weighted by Gasteiger charge is -2.14. The summed E-state index contributed by atoms with van der Waals surface area (Å²) >= 11 is 8.13. The molecule has 1 aromatic carbocycles. The van der Waals surface area contributed by atoms with Gasteiger partial charge in [0, 0.05) is 35.4 Å². The van der Waals surface area contributed by atoms with Gasteiger partial charge in [-0.05, 0) is 30.5 Å². The van der Waals surface area contributed by atoms with Gasteiger partial charge in [-0.25, -0.2) is 0 Å². The predicted molar refractivity (Wildman–Crippen MR) is 83.1 cm³/mol. The van der Waals surface area contributed by atoms with Crippen molar-refractivity contribution in [3.05, 3.63) is 28.8 Å². The molecule has 4 heteroatoms. The van der Waals surface area contributed by atoms with Crippen LogP contribution in [0.3, 0.4) is 0 Å². The number of nitrogens with one attached hydrogen (secondary N) is 1. The molecule has 0 radical (unpaired) electrons. The Hall–Kier alpha value is -0.220. The number of rotatable bonds is 7. The third-order valence-corrected chi connectivity index (χ3v) is 5.10. The molecule has 2 rings (SSSR count). The maximum Gasteiger partial charge on any atom is 0.0587 e. The minimum Gasteiger partial charge on any atom is -0.383 e. The molecule has 0 aliphatic heterocycles. The fourth-order valence-electron chi connectivity index (χ4n) is 2.37. The molecule has 0 atom stereocenters. The number of methoxy groups -OCH3 is 1. The molecular weight excluding hydrogens is 278 g/mol. The van der Waals surface area contributed by atoms with Gasteiger partial charge in [-0.3, -0.25) is 0 Å². The Labute approximate surface area is 125 Å². The standard InChI is InChI=1S/C15H22ClNOS/c1-18-9-8-17-11-12-6-7-13(16)10-15(12)19-14-4-2-3-5-14/h6-7,10,14,17H,2-5,8-9,11H2,1H3. The van der Waals surface area contributed by atoms with Crippen molar-refractivity contribution in [2.24, 2.45) is 0 Å². The molecule has 0 heterocycles. The van der Waals surface area contributed by atoms with E-state index in [2.05, 4.69) is 17.4 Å². The van der Waals surface area contributed by atoms with Crippen molar-refractivity contribution in [1.82, 2.24) is 5.32 Å². The van der Waals surface area contributed by atoms with Crippen LogP contribution in [0.4, 0.5) is 0 Å². The second-order valence-corrected chi connectivity index (χ2v) is 6.72. The number of ether oxygens (including phenoxy) is 1. The van der Waals surface area contributed by atoms with E-state index in [9.17, 15) is 0 Å². The van der Waals surface area contributed by atoms with Gasteiger partial charge in [0.25, 0.3) is 0 Å². The monoisotopic (exact) mass is 299 g/mol. The van der Waals surface area contributed by atoms with Gasteiger partial charge < -0.3 is 10.1 Å². The lowest BCUT2D eigenvalue weighted by atomic mass is 10.2. The van der Waals surface area contributed by atoms with Crippen LogP contribution in [0.1, 0.15) is 31.2 Å². The van der Waals surface area contributed by atoms with Crippen molar-refractivity contribution in [1.29, 1.82) is 0 Å². The van der Waals surface area contributed by atoms with Gasteiger partial charge >= 0.3 is 0 Å². The molecule has 0 saturated heterocycles. The fourth-order valence-corrected chi connectivity index (χ4v) is 4.02. The molecule has 1 N–H and O–H groups in total. The smallest absolute Gasteiger partial charge is 0.0587 e. The van der Waals surface area contributed by atoms with Crippen LogP contribution in [0, 0.1) is 0 Å². The average Bonchev–Trinajstić information content (AvgIpc) is 2.90. The first-order chi connectivity index (χ1) is 9.29. The van der Waals surface area contributed by atoms with E-state index in [1.165, 1.54) is 36.1 Å². The van der Waals surface area contributed by atoms with E-state index in [-0.39, 0.29) is 0 Å². The number of hydrogen-bond acceptors (Lipinski definition) is 3. The summed E-state index contributed by atoms with van der Waals surface area (Å²) in [5, 5.41) is 5.01. The van der Waals surface area contributed by atoms with Crippen molar-refractivity contribution in [2.45, 2.75) is 42.4 Å². The van der Waals surface area contributed by atoms with Crippen LogP contribution in [0.5, 0.6) is 0 Å². The second kappa shape index (κ2) is 8.15. The summed E-state index contributed by atoms with van der Waals surface area (Å²) in [4.78, 5) is 1.34. The summed E-state index contributed by atoms with van der Waals surface area (Å²) < 4.78 is 5.05. The zero-order chi connectivity index (χ0) is 13.5. The van der Waals surface area contributed by atoms with Gasteiger partial charge in [-0.1, -0.05) is 30.5 Å². The highest BCUT2D eigenvalue weighted by atomic mass is 35.5. The quantitative estimate of drug-likeness (QED) is 0.766. The molecule has 0 unspecified atom stereocenters. The van der Waals surface area contributed by atoms with Crippen LogP contribution >= 0.6 is 23.4 Å². The van der Waals surface area contributed by atoms with E-state index >= 15 is 0 Å². The van der Waals surface area contributed by atoms with Gasteiger partial charge in [0.2, 0.25) is 0 Å². The first-order valence-corrected chi connectivity index (χ1v) is 8.20. The number of thioether (sulfide) groups is 1. The molecule has 1 aromatic rings. The minimum absolute atomic E-state index is 0.749. The van der Waals surface area contributed by atoms with Gasteiger partial charge in [-0.2, -0.15) is 0 Å². The average molecular weight is 300 g/mol. The zero-order valence-corrected chi connectivity index (χ0v) is 13.0. The van der Waals surface area contributed by atoms with Gasteiger partial charge in [0.15, 0.2) is 0 Å². The molecule has 2 nitrogen and oxygen atoms in total. The molecule has 0 aromatic heterocycles. The second-order valence-electron chi connectivity index (χ2n) is 4.95. The van der Waals surface area contributed by atoms with Crippen molar-refractivity contribution >= 4 is 23.4 Å². The normalized spacial score (nSPS) is 16.1. The molecule has 1 saturated carbocycles. The van der Waals surface area contributed by atoms with Crippen LogP contribution in [-0.2, 0) is 11.3 Å². The van der Waals surface area contributed by atoms with Gasteiger partial charge in [-0.15, -0.1) is 11.8 Å². The van der Waals surface area contributed by atoms with Crippen molar-refractivity contribution in [3.63, 3.8) is 0 Å². The molecule has 19 heavy (non-hydrogen) atoms. The molecular formula is C15H22ClNOS. The highest BCUT2D eigenvalue weighted by molar-refractivity contribution is 8.00. The summed E-state index contributed by atoms with van der Waals surface area (Å²) in [5.41, 5.74) is 1.34. The molecule has 1 aliphatic rings. The maximum atomic E-state index is 6.13. The third-order valence-electron chi connectivity index (χ3n) is 3.42. The van der Waals surface area contributed by atoms with Crippen LogP contribution in [0.2, 0.25) is 5.02 Å². The highest BCUT2D eigenvalue weighted by Gasteiger charge is 2.17. The molecule has 106 valence electrons. The lowest BCUT2D eigenvalue weighted by Crippen LogP contribution is -2.19. The highest BCUT2D eigenvalue weighted by Crippen LogP contribution is 2.37. The maximum absolute atomic E-state index is 6.13. The molecule has 1 aliphatic carbocycles. The summed E-state index contributed by atoms with van der Waals surface area (Å²) in [6, 6.07) is 6.23. The minimum atomic E-state index is 0.749. The topological polar surface area (TPSA) is 21.3 Å². The molecule has 0 bridgehead atoms. The Kier molecular flexibility index (Phi) is 6.51. The van der Waals surface area contributed by atoms with E-state index in [4.69, 9.17) is 16.3 Å². The van der Waals surface area contributed by atoms with Crippen LogP contribution in [0.25, 0.3) is 0 Å². The first kappa shape index (κ1) is 15.2. The predicted octanol–water partition coefficient (Wildman–Crippen LogP) is 4.11. The summed E-state index contributed by atoms with van der Waals surface area (Å²) in [5.74, 6) is 0. The number of hydrogen-bond donors (Lipinski definition) is 1. The van der Waals surface area contributed by atoms with E-state index in [0.29, 0.717) is 0 Å². The summed E-state index contributed by atoms with van der Waals surface area (Å²) in [6.45, 7) is 2.51. The van der Waals surface area contributed by atoms with E-state index in [1.54, 1.807) is 7.11 Å². The summed E-state index contributed by atoms with van der Waals surface area (Å²) in [7, 11) is 1.73. The Balaban J connectivity index is 1.95. The molecule has 1 fully saturated rings. The Morgan fingerprint density at radius 2 is 2.16 bits per heavy atom. The van der Waals surface area contributed by atoms with E-state index < -0.39 is 0 Å². The Morgan fingerprint density at radius 3 is 2.89 bits per heavy atom. The Morgan fingerprint density at radius 1 is 1.37 bits per heavy atom. The lowest BCUT2D eigenvalue weighted by molar-refractivity contribution is 0.199. The van der Waals surface area contributed by atoms with Crippen LogP contribution in [-0.4, -0.2) is 25.5 Å². The van der Waals surface area contributed by atoms with E-state index in [0.717, 1.165) is 30.0 Å². The molecule has 0 amide bonds. The van der Waals surface area contributed by atoms with E-state index in [1.807, 2.05) is 17.8 Å². The number of benzene rings is 1. The fraction of sp³-hybridized carbons (Fsp3) is 0.600. The SMILES string of the molecule is COCCNCc1ccc(Cl)cc1SC1CCCC1. The van der Waals surface area contributed by atoms with Crippen molar-refractivity contribution in [2.75, 3.05) is 20.3 Å². The zero-order valence-electron chi connectivity index (χ0n) is 11.5. The third kappa shape index (κ3) is 4.99. The van der Waals surface area contributed by atoms with Crippen molar-refractivity contribution in [3.8, 4) is 0 Å². The Bertz CT molecular complexity index is 394. The number of halogens is 1. The molecule has 0 spiro atoms. The summed E-state index contributed by atoms with van der Waals surface area (Å²) in [6.07, 6.45) is 5.43.